The Morgan fingerprint density at radius 2 is 1.77 bits per heavy atom. The van der Waals surface area contributed by atoms with E-state index in [0.717, 1.165) is 25.9 Å². The second kappa shape index (κ2) is 10.7. The Labute approximate surface area is 204 Å². The maximum Gasteiger partial charge on any atom is 0.338 e. The van der Waals surface area contributed by atoms with Gasteiger partial charge in [0.2, 0.25) is 5.91 Å². The molecule has 0 aromatic heterocycles. The second-order valence-electron chi connectivity index (χ2n) is 9.42. The van der Waals surface area contributed by atoms with Crippen molar-refractivity contribution in [1.29, 1.82) is 0 Å². The van der Waals surface area contributed by atoms with Crippen molar-refractivity contribution < 1.29 is 23.5 Å². The van der Waals surface area contributed by atoms with Gasteiger partial charge < -0.3 is 21.1 Å². The molecule has 0 saturated carbocycles. The monoisotopic (exact) mass is 487 g/mol. The molecule has 1 aromatic carbocycles. The molecule has 10 heteroatoms. The van der Waals surface area contributed by atoms with E-state index in [9.17, 15) is 18.8 Å². The Kier molecular flexibility index (Phi) is 7.71. The van der Waals surface area contributed by atoms with Crippen molar-refractivity contribution in [3.8, 4) is 0 Å². The van der Waals surface area contributed by atoms with Crippen LogP contribution in [0.4, 0.5) is 9.18 Å². The standard InChI is InChI=1S/C25H34FN5O4/c1-2-35-22(32)20-19(28-24(34)29-21(20)17-6-8-18(26)9-7-17)16-30-14-10-25(11-15-30,23(27)33)31-12-4-3-5-13-31/h6-9,21H,2-5,10-16H2,1H3,(H2,27,33)(H2,28,29,34)/t21-/m1/s1. The molecule has 0 radical (unpaired) electrons. The highest BCUT2D eigenvalue weighted by atomic mass is 19.1. The average molecular weight is 488 g/mol. The van der Waals surface area contributed by atoms with Gasteiger partial charge >= 0.3 is 12.0 Å². The molecule has 3 amide bonds. The van der Waals surface area contributed by atoms with Gasteiger partial charge in [0.15, 0.2) is 0 Å². The van der Waals surface area contributed by atoms with Crippen LogP contribution < -0.4 is 16.4 Å². The smallest absolute Gasteiger partial charge is 0.338 e. The molecular formula is C25H34FN5O4. The summed E-state index contributed by atoms with van der Waals surface area (Å²) >= 11 is 0. The molecule has 9 nitrogen and oxygen atoms in total. The van der Waals surface area contributed by atoms with Crippen molar-refractivity contribution in [3.05, 3.63) is 46.9 Å². The molecule has 1 atom stereocenters. The number of nitrogens with zero attached hydrogens (tertiary/aromatic N) is 2. The van der Waals surface area contributed by atoms with Gasteiger partial charge in [0.1, 0.15) is 11.4 Å². The number of hydrogen-bond acceptors (Lipinski definition) is 6. The maximum atomic E-state index is 13.5. The van der Waals surface area contributed by atoms with Crippen LogP contribution in [0.25, 0.3) is 0 Å². The molecule has 0 aliphatic carbocycles. The number of benzene rings is 1. The van der Waals surface area contributed by atoms with Crippen LogP contribution in [0.3, 0.4) is 0 Å². The number of primary amides is 1. The van der Waals surface area contributed by atoms with Gasteiger partial charge in [0, 0.05) is 25.3 Å². The van der Waals surface area contributed by atoms with E-state index < -0.39 is 29.4 Å². The van der Waals surface area contributed by atoms with Crippen molar-refractivity contribution in [3.63, 3.8) is 0 Å². The van der Waals surface area contributed by atoms with Crippen molar-refractivity contribution in [2.45, 2.75) is 50.6 Å². The van der Waals surface area contributed by atoms with E-state index in [1.165, 1.54) is 18.6 Å². The highest BCUT2D eigenvalue weighted by Crippen LogP contribution is 2.33. The molecule has 0 bridgehead atoms. The number of piperidine rings is 2. The van der Waals surface area contributed by atoms with Crippen LogP contribution >= 0.6 is 0 Å². The second-order valence-corrected chi connectivity index (χ2v) is 9.42. The zero-order valence-electron chi connectivity index (χ0n) is 20.1. The van der Waals surface area contributed by atoms with E-state index >= 15 is 0 Å². The first kappa shape index (κ1) is 25.1. The highest BCUT2D eigenvalue weighted by Gasteiger charge is 2.45. The van der Waals surface area contributed by atoms with Crippen molar-refractivity contribution >= 4 is 17.9 Å². The van der Waals surface area contributed by atoms with Gasteiger partial charge in [0.05, 0.1) is 18.2 Å². The van der Waals surface area contributed by atoms with Crippen LogP contribution in [-0.2, 0) is 14.3 Å². The lowest BCUT2D eigenvalue weighted by Gasteiger charge is -2.48. The summed E-state index contributed by atoms with van der Waals surface area (Å²) in [5.41, 5.74) is 6.58. The molecule has 4 N–H and O–H groups in total. The van der Waals surface area contributed by atoms with Crippen molar-refractivity contribution in [2.24, 2.45) is 5.73 Å². The van der Waals surface area contributed by atoms with Crippen molar-refractivity contribution in [2.75, 3.05) is 39.3 Å². The molecule has 190 valence electrons. The molecule has 4 rings (SSSR count). The Morgan fingerprint density at radius 3 is 2.37 bits per heavy atom. The topological polar surface area (TPSA) is 117 Å². The first-order valence-electron chi connectivity index (χ1n) is 12.3. The number of esters is 1. The highest BCUT2D eigenvalue weighted by molar-refractivity contribution is 5.95. The number of nitrogens with two attached hydrogens (primary N) is 1. The number of carbonyl (C=O) groups excluding carboxylic acids is 3. The summed E-state index contributed by atoms with van der Waals surface area (Å²) in [5.74, 6) is -1.23. The number of carbonyl (C=O) groups is 3. The summed E-state index contributed by atoms with van der Waals surface area (Å²) in [4.78, 5) is 42.4. The molecule has 0 unspecified atom stereocenters. The molecular weight excluding hydrogens is 453 g/mol. The van der Waals surface area contributed by atoms with E-state index in [1.54, 1.807) is 19.1 Å². The van der Waals surface area contributed by atoms with E-state index in [1.807, 2.05) is 0 Å². The number of ether oxygens (including phenoxy) is 1. The summed E-state index contributed by atoms with van der Waals surface area (Å²) in [6.45, 7) is 5.17. The predicted octanol–water partition coefficient (Wildman–Crippen LogP) is 1.80. The molecule has 2 saturated heterocycles. The van der Waals surface area contributed by atoms with E-state index in [2.05, 4.69) is 20.4 Å². The molecule has 2 fully saturated rings. The summed E-state index contributed by atoms with van der Waals surface area (Å²) < 4.78 is 18.8. The summed E-state index contributed by atoms with van der Waals surface area (Å²) in [6, 6.07) is 4.47. The van der Waals surface area contributed by atoms with Crippen molar-refractivity contribution in [1.82, 2.24) is 20.4 Å². The molecule has 1 aromatic rings. The normalized spacial score (nSPS) is 23.4. The van der Waals surface area contributed by atoms with E-state index in [4.69, 9.17) is 10.5 Å². The van der Waals surface area contributed by atoms with Gasteiger partial charge in [-0.1, -0.05) is 18.6 Å². The Morgan fingerprint density at radius 1 is 1.11 bits per heavy atom. The van der Waals surface area contributed by atoms with Crippen LogP contribution in [0.2, 0.25) is 0 Å². The minimum absolute atomic E-state index is 0.181. The number of urea groups is 1. The zero-order valence-corrected chi connectivity index (χ0v) is 20.1. The Hall–Kier alpha value is -2.98. The quantitative estimate of drug-likeness (QED) is 0.505. The lowest BCUT2D eigenvalue weighted by molar-refractivity contribution is -0.139. The van der Waals surface area contributed by atoms with Crippen LogP contribution in [-0.4, -0.2) is 72.6 Å². The molecule has 0 spiro atoms. The Balaban J connectivity index is 1.57. The summed E-state index contributed by atoms with van der Waals surface area (Å²) in [6.07, 6.45) is 4.50. The van der Waals surface area contributed by atoms with Gasteiger partial charge in [-0.05, 0) is 63.4 Å². The first-order chi connectivity index (χ1) is 16.8. The fourth-order valence-electron chi connectivity index (χ4n) is 5.44. The number of nitrogens with one attached hydrogen (secondary N) is 2. The fourth-order valence-corrected chi connectivity index (χ4v) is 5.44. The lowest BCUT2D eigenvalue weighted by Crippen LogP contribution is -2.63. The third kappa shape index (κ3) is 5.33. The van der Waals surface area contributed by atoms with Crippen LogP contribution in [0.1, 0.15) is 50.6 Å². The maximum absolute atomic E-state index is 13.5. The minimum Gasteiger partial charge on any atom is -0.463 e. The van der Waals surface area contributed by atoms with E-state index in [0.29, 0.717) is 49.3 Å². The van der Waals surface area contributed by atoms with Gasteiger partial charge in [-0.3, -0.25) is 14.6 Å². The van der Waals surface area contributed by atoms with Crippen LogP contribution in [0, 0.1) is 5.82 Å². The van der Waals surface area contributed by atoms with Gasteiger partial charge in [-0.25, -0.2) is 14.0 Å². The number of amides is 3. The summed E-state index contributed by atoms with van der Waals surface area (Å²) in [5, 5.41) is 5.54. The molecule has 35 heavy (non-hydrogen) atoms. The molecule has 3 aliphatic rings. The number of likely N-dealkylation sites (tertiary alicyclic amines) is 2. The third-order valence-electron chi connectivity index (χ3n) is 7.34. The SMILES string of the molecule is CCOC(=O)C1=C(CN2CCC(C(N)=O)(N3CCCCC3)CC2)NC(=O)N[C@@H]1c1ccc(F)cc1. The predicted molar refractivity (Wildman–Crippen MR) is 127 cm³/mol. The van der Waals surface area contributed by atoms with Gasteiger partial charge in [0.25, 0.3) is 0 Å². The minimum atomic E-state index is -0.763. The number of halogens is 1. The fraction of sp³-hybridized carbons (Fsp3) is 0.560. The number of rotatable bonds is 7. The Bertz CT molecular complexity index is 982. The number of hydrogen-bond donors (Lipinski definition) is 3. The van der Waals surface area contributed by atoms with Crippen LogP contribution in [0.5, 0.6) is 0 Å². The summed E-state index contributed by atoms with van der Waals surface area (Å²) in [7, 11) is 0. The zero-order chi connectivity index (χ0) is 25.0. The third-order valence-corrected chi connectivity index (χ3v) is 7.34. The first-order valence-corrected chi connectivity index (χ1v) is 12.3. The average Bonchev–Trinajstić information content (AvgIpc) is 2.85. The van der Waals surface area contributed by atoms with E-state index in [-0.39, 0.29) is 12.5 Å². The molecule has 3 heterocycles. The van der Waals surface area contributed by atoms with Gasteiger partial charge in [-0.2, -0.15) is 0 Å². The van der Waals surface area contributed by atoms with Crippen LogP contribution in [0.15, 0.2) is 35.5 Å². The largest absolute Gasteiger partial charge is 0.463 e. The van der Waals surface area contributed by atoms with Gasteiger partial charge in [-0.15, -0.1) is 0 Å². The lowest BCUT2D eigenvalue weighted by atomic mass is 9.83. The molecule has 3 aliphatic heterocycles.